The van der Waals surface area contributed by atoms with Crippen LogP contribution >= 0.6 is 23.1 Å². The number of hydrogen-bond acceptors (Lipinski definition) is 4. The third-order valence-electron chi connectivity index (χ3n) is 2.48. The lowest BCUT2D eigenvalue weighted by Crippen LogP contribution is -2.24. The molecule has 0 aliphatic rings. The summed E-state index contributed by atoms with van der Waals surface area (Å²) in [6.07, 6.45) is 0. The van der Waals surface area contributed by atoms with Gasteiger partial charge in [-0.25, -0.2) is 0 Å². The molecular weight excluding hydrogens is 316 g/mol. The molecule has 0 aliphatic heterocycles. The number of ether oxygens (including phenoxy) is 1. The Morgan fingerprint density at radius 2 is 2.05 bits per heavy atom. The van der Waals surface area contributed by atoms with Crippen LogP contribution in [0, 0.1) is 0 Å². The molecule has 1 aromatic heterocycles. The van der Waals surface area contributed by atoms with E-state index in [1.54, 1.807) is 23.5 Å². The Labute approximate surface area is 129 Å². The van der Waals surface area contributed by atoms with Crippen LogP contribution in [0.4, 0.5) is 8.78 Å². The molecule has 7 heteroatoms. The second-order valence-electron chi connectivity index (χ2n) is 4.02. The average Bonchev–Trinajstić information content (AvgIpc) is 2.97. The summed E-state index contributed by atoms with van der Waals surface area (Å²) in [5.41, 5.74) is 0.825. The number of benzene rings is 1. The highest BCUT2D eigenvalue weighted by molar-refractivity contribution is 8.01. The predicted molar refractivity (Wildman–Crippen MR) is 80.0 cm³/mol. The Bertz CT molecular complexity index is 559. The van der Waals surface area contributed by atoms with Gasteiger partial charge < -0.3 is 10.1 Å². The van der Waals surface area contributed by atoms with Crippen LogP contribution < -0.4 is 10.1 Å². The summed E-state index contributed by atoms with van der Waals surface area (Å²) in [6, 6.07) is 10.1. The van der Waals surface area contributed by atoms with E-state index in [9.17, 15) is 13.6 Å². The van der Waals surface area contributed by atoms with Gasteiger partial charge in [0.1, 0.15) is 5.75 Å². The van der Waals surface area contributed by atoms with Crippen molar-refractivity contribution in [1.82, 2.24) is 5.32 Å². The zero-order valence-corrected chi connectivity index (χ0v) is 12.6. The molecule has 2 aromatic rings. The van der Waals surface area contributed by atoms with Crippen LogP contribution in [0.15, 0.2) is 46.0 Å². The molecule has 1 amide bonds. The molecule has 0 spiro atoms. The van der Waals surface area contributed by atoms with Crippen molar-refractivity contribution in [2.75, 3.05) is 5.75 Å². The Hall–Kier alpha value is -1.60. The van der Waals surface area contributed by atoms with Crippen molar-refractivity contribution in [3.63, 3.8) is 0 Å². The van der Waals surface area contributed by atoms with Crippen LogP contribution in [0.3, 0.4) is 0 Å². The second-order valence-corrected chi connectivity index (χ2v) is 6.24. The fraction of sp³-hybridized carbons (Fsp3) is 0.214. The molecular formula is C14H13F2NO2S2. The van der Waals surface area contributed by atoms with Crippen LogP contribution in [0.2, 0.25) is 0 Å². The molecule has 3 nitrogen and oxygen atoms in total. The number of halogens is 2. The summed E-state index contributed by atoms with van der Waals surface area (Å²) in [5.74, 6) is 0.391. The van der Waals surface area contributed by atoms with Gasteiger partial charge in [-0.15, -0.1) is 23.1 Å². The maximum absolute atomic E-state index is 12.0. The van der Waals surface area contributed by atoms with Gasteiger partial charge in [-0.2, -0.15) is 8.78 Å². The highest BCUT2D eigenvalue weighted by Gasteiger charge is 2.05. The van der Waals surface area contributed by atoms with Crippen molar-refractivity contribution in [2.24, 2.45) is 0 Å². The van der Waals surface area contributed by atoms with Gasteiger partial charge in [0.25, 0.3) is 0 Å². The molecule has 0 atom stereocenters. The minimum Gasteiger partial charge on any atom is -0.435 e. The third-order valence-corrected chi connectivity index (χ3v) is 4.61. The van der Waals surface area contributed by atoms with Crippen LogP contribution in [-0.4, -0.2) is 18.3 Å². The molecule has 112 valence electrons. The van der Waals surface area contributed by atoms with Crippen LogP contribution in [-0.2, 0) is 11.3 Å². The fourth-order valence-corrected chi connectivity index (χ4v) is 3.14. The van der Waals surface area contributed by atoms with Crippen LogP contribution in [0.5, 0.6) is 5.75 Å². The number of thioether (sulfide) groups is 1. The summed E-state index contributed by atoms with van der Waals surface area (Å²) in [6.45, 7) is -2.47. The van der Waals surface area contributed by atoms with E-state index in [2.05, 4.69) is 10.1 Å². The summed E-state index contributed by atoms with van der Waals surface area (Å²) in [5, 5.41) is 4.74. The van der Waals surface area contributed by atoms with Crippen molar-refractivity contribution < 1.29 is 18.3 Å². The second kappa shape index (κ2) is 7.99. The Morgan fingerprint density at radius 3 is 2.67 bits per heavy atom. The standard InChI is InChI=1S/C14H13F2NO2S2/c15-14(16)19-11-5-3-10(4-6-11)8-17-12(18)9-21-13-2-1-7-20-13/h1-7,14H,8-9H2,(H,17,18). The minimum absolute atomic E-state index is 0.0682. The van der Waals surface area contributed by atoms with Gasteiger partial charge in [0, 0.05) is 6.54 Å². The first-order chi connectivity index (χ1) is 10.1. The molecule has 0 unspecified atom stereocenters. The molecule has 0 fully saturated rings. The van der Waals surface area contributed by atoms with Gasteiger partial charge in [-0.1, -0.05) is 18.2 Å². The van der Waals surface area contributed by atoms with E-state index in [0.717, 1.165) is 9.77 Å². The Balaban J connectivity index is 1.73. The average molecular weight is 329 g/mol. The number of carbonyl (C=O) groups is 1. The molecule has 0 radical (unpaired) electrons. The smallest absolute Gasteiger partial charge is 0.387 e. The van der Waals surface area contributed by atoms with Gasteiger partial charge >= 0.3 is 6.61 Å². The van der Waals surface area contributed by atoms with Gasteiger partial charge in [0.05, 0.1) is 9.96 Å². The van der Waals surface area contributed by atoms with Gasteiger partial charge in [0.2, 0.25) is 5.91 Å². The maximum Gasteiger partial charge on any atom is 0.387 e. The van der Waals surface area contributed by atoms with Crippen molar-refractivity contribution in [2.45, 2.75) is 17.4 Å². The molecule has 1 aromatic carbocycles. The lowest BCUT2D eigenvalue weighted by atomic mass is 10.2. The normalized spacial score (nSPS) is 10.6. The number of amides is 1. The molecule has 0 saturated carbocycles. The number of hydrogen-bond donors (Lipinski definition) is 1. The van der Waals surface area contributed by atoms with Crippen molar-refractivity contribution >= 4 is 29.0 Å². The van der Waals surface area contributed by atoms with Gasteiger partial charge in [-0.05, 0) is 29.1 Å². The van der Waals surface area contributed by atoms with E-state index in [-0.39, 0.29) is 11.7 Å². The molecule has 2 rings (SSSR count). The van der Waals surface area contributed by atoms with E-state index in [1.807, 2.05) is 17.5 Å². The van der Waals surface area contributed by atoms with Crippen molar-refractivity contribution in [3.05, 3.63) is 47.3 Å². The number of nitrogens with one attached hydrogen (secondary N) is 1. The van der Waals surface area contributed by atoms with Crippen LogP contribution in [0.25, 0.3) is 0 Å². The molecule has 0 aliphatic carbocycles. The number of thiophene rings is 1. The topological polar surface area (TPSA) is 38.3 Å². The molecule has 1 heterocycles. The highest BCUT2D eigenvalue weighted by Crippen LogP contribution is 2.22. The van der Waals surface area contributed by atoms with E-state index < -0.39 is 6.61 Å². The first-order valence-electron chi connectivity index (χ1n) is 6.10. The maximum atomic E-state index is 12.0. The van der Waals surface area contributed by atoms with E-state index in [0.29, 0.717) is 12.3 Å². The van der Waals surface area contributed by atoms with Crippen molar-refractivity contribution in [1.29, 1.82) is 0 Å². The van der Waals surface area contributed by atoms with E-state index >= 15 is 0 Å². The predicted octanol–water partition coefficient (Wildman–Crippen LogP) is 3.76. The summed E-state index contributed by atoms with van der Waals surface area (Å²) >= 11 is 3.08. The summed E-state index contributed by atoms with van der Waals surface area (Å²) in [4.78, 5) is 11.7. The Morgan fingerprint density at radius 1 is 1.29 bits per heavy atom. The first-order valence-corrected chi connectivity index (χ1v) is 7.97. The molecule has 1 N–H and O–H groups in total. The quantitative estimate of drug-likeness (QED) is 0.786. The lowest BCUT2D eigenvalue weighted by Gasteiger charge is -2.07. The summed E-state index contributed by atoms with van der Waals surface area (Å²) in [7, 11) is 0. The van der Waals surface area contributed by atoms with Gasteiger partial charge in [0.15, 0.2) is 0 Å². The zero-order chi connectivity index (χ0) is 15.1. The van der Waals surface area contributed by atoms with Crippen molar-refractivity contribution in [3.8, 4) is 5.75 Å². The fourth-order valence-electron chi connectivity index (χ4n) is 1.52. The van der Waals surface area contributed by atoms with Crippen LogP contribution in [0.1, 0.15) is 5.56 Å². The SMILES string of the molecule is O=C(CSc1cccs1)NCc1ccc(OC(F)F)cc1. The highest BCUT2D eigenvalue weighted by atomic mass is 32.2. The largest absolute Gasteiger partial charge is 0.435 e. The number of rotatable bonds is 7. The lowest BCUT2D eigenvalue weighted by molar-refractivity contribution is -0.118. The first kappa shape index (κ1) is 15.8. The molecule has 0 saturated heterocycles. The molecule has 0 bridgehead atoms. The third kappa shape index (κ3) is 5.73. The minimum atomic E-state index is -2.83. The molecule has 21 heavy (non-hydrogen) atoms. The van der Waals surface area contributed by atoms with Gasteiger partial charge in [-0.3, -0.25) is 4.79 Å². The number of carbonyl (C=O) groups excluding carboxylic acids is 1. The van der Waals surface area contributed by atoms with E-state index in [4.69, 9.17) is 0 Å². The van der Waals surface area contributed by atoms with E-state index in [1.165, 1.54) is 23.9 Å². The number of alkyl halides is 2. The Kier molecular flexibility index (Phi) is 6.01. The zero-order valence-electron chi connectivity index (χ0n) is 10.9. The summed E-state index contributed by atoms with van der Waals surface area (Å²) < 4.78 is 29.3. The monoisotopic (exact) mass is 329 g/mol.